The quantitative estimate of drug-likeness (QED) is 0.825. The van der Waals surface area contributed by atoms with Crippen LogP contribution in [0.15, 0.2) is 18.2 Å². The fourth-order valence-electron chi connectivity index (χ4n) is 1.63. The third-order valence-electron chi connectivity index (χ3n) is 2.45. The van der Waals surface area contributed by atoms with E-state index >= 15 is 0 Å². The predicted molar refractivity (Wildman–Crippen MR) is 61.3 cm³/mol. The molecule has 6 heteroatoms. The molecule has 2 rings (SSSR count). The molecule has 0 aliphatic rings. The van der Waals surface area contributed by atoms with E-state index in [1.54, 1.807) is 0 Å². The lowest BCUT2D eigenvalue weighted by atomic mass is 10.1. The van der Waals surface area contributed by atoms with Crippen LogP contribution < -0.4 is 4.74 Å². The van der Waals surface area contributed by atoms with E-state index in [1.807, 2.05) is 0 Å². The largest absolute Gasteiger partial charge is 0.508 e. The molecule has 0 aliphatic heterocycles. The van der Waals surface area contributed by atoms with Gasteiger partial charge in [0.2, 0.25) is 0 Å². The molecular weight excluding hydrogens is 241 g/mol. The number of benzene rings is 1. The molecule has 5 nitrogen and oxygen atoms in total. The van der Waals surface area contributed by atoms with Crippen molar-refractivity contribution in [3.8, 4) is 11.5 Å². The Balaban J connectivity index is 2.82. The molecule has 0 bridgehead atoms. The monoisotopic (exact) mass is 251 g/mol. The van der Waals surface area contributed by atoms with Crippen LogP contribution in [-0.4, -0.2) is 30.3 Å². The Morgan fingerprint density at radius 1 is 1.39 bits per heavy atom. The lowest BCUT2D eigenvalue weighted by Gasteiger charge is -2.09. The molecule has 18 heavy (non-hydrogen) atoms. The van der Waals surface area contributed by atoms with E-state index in [-0.39, 0.29) is 16.9 Å². The highest BCUT2D eigenvalue weighted by Gasteiger charge is 2.21. The standard InChI is InChI=1S/C12H10FNO4/c1-17-11-7-5-6(15)3-4-8(7)14-10(9(11)13)12(16)18-2/h3-5,15H,1-2H3. The molecule has 94 valence electrons. The highest BCUT2D eigenvalue weighted by molar-refractivity contribution is 5.94. The molecule has 0 amide bonds. The second-order valence-electron chi connectivity index (χ2n) is 3.50. The Hall–Kier alpha value is -2.37. The molecule has 0 saturated heterocycles. The summed E-state index contributed by atoms with van der Waals surface area (Å²) in [5.74, 6) is -2.01. The minimum Gasteiger partial charge on any atom is -0.508 e. The fraction of sp³-hybridized carbons (Fsp3) is 0.167. The Bertz CT molecular complexity index is 627. The van der Waals surface area contributed by atoms with Crippen molar-refractivity contribution < 1.29 is 23.8 Å². The molecular formula is C12H10FNO4. The van der Waals surface area contributed by atoms with Gasteiger partial charge in [0.05, 0.1) is 19.7 Å². The van der Waals surface area contributed by atoms with Gasteiger partial charge in [0.15, 0.2) is 17.3 Å². The zero-order chi connectivity index (χ0) is 13.3. The first kappa shape index (κ1) is 12.1. The zero-order valence-corrected chi connectivity index (χ0v) is 9.73. The number of fused-ring (bicyclic) bond motifs is 1. The number of methoxy groups -OCH3 is 2. The van der Waals surface area contributed by atoms with Crippen molar-refractivity contribution in [2.24, 2.45) is 0 Å². The van der Waals surface area contributed by atoms with Gasteiger partial charge in [-0.05, 0) is 18.2 Å². The molecule has 0 unspecified atom stereocenters. The summed E-state index contributed by atoms with van der Waals surface area (Å²) in [6.07, 6.45) is 0. The maximum absolute atomic E-state index is 14.0. The molecule has 0 aliphatic carbocycles. The number of phenolic OH excluding ortho intramolecular Hbond substituents is 1. The number of ether oxygens (including phenoxy) is 2. The first-order chi connectivity index (χ1) is 8.58. The fourth-order valence-corrected chi connectivity index (χ4v) is 1.63. The van der Waals surface area contributed by atoms with Gasteiger partial charge in [-0.25, -0.2) is 14.2 Å². The third kappa shape index (κ3) is 1.81. The van der Waals surface area contributed by atoms with Gasteiger partial charge in [-0.2, -0.15) is 0 Å². The topological polar surface area (TPSA) is 68.7 Å². The minimum absolute atomic E-state index is 0.0483. The molecule has 0 fully saturated rings. The van der Waals surface area contributed by atoms with Crippen molar-refractivity contribution in [3.63, 3.8) is 0 Å². The molecule has 2 aromatic rings. The van der Waals surface area contributed by atoms with E-state index < -0.39 is 17.5 Å². The molecule has 0 atom stereocenters. The molecule has 1 aromatic carbocycles. The van der Waals surface area contributed by atoms with Crippen molar-refractivity contribution in [2.75, 3.05) is 14.2 Å². The van der Waals surface area contributed by atoms with Crippen LogP contribution in [0.5, 0.6) is 11.5 Å². The lowest BCUT2D eigenvalue weighted by molar-refractivity contribution is 0.0588. The first-order valence-electron chi connectivity index (χ1n) is 5.03. The Morgan fingerprint density at radius 2 is 2.11 bits per heavy atom. The van der Waals surface area contributed by atoms with Gasteiger partial charge in [0, 0.05) is 5.39 Å². The Morgan fingerprint density at radius 3 is 2.72 bits per heavy atom. The van der Waals surface area contributed by atoms with Crippen LogP contribution in [0.25, 0.3) is 10.9 Å². The van der Waals surface area contributed by atoms with Gasteiger partial charge in [-0.15, -0.1) is 0 Å². The average molecular weight is 251 g/mol. The first-order valence-corrected chi connectivity index (χ1v) is 5.03. The van der Waals surface area contributed by atoms with Gasteiger partial charge in [0.25, 0.3) is 0 Å². The highest BCUT2D eigenvalue weighted by Crippen LogP contribution is 2.31. The molecule has 1 heterocycles. The molecule has 0 spiro atoms. The number of hydrogen-bond acceptors (Lipinski definition) is 5. The van der Waals surface area contributed by atoms with Crippen molar-refractivity contribution in [1.82, 2.24) is 4.98 Å². The number of aromatic nitrogens is 1. The number of carbonyl (C=O) groups is 1. The van der Waals surface area contributed by atoms with Gasteiger partial charge < -0.3 is 14.6 Å². The van der Waals surface area contributed by atoms with E-state index in [0.29, 0.717) is 5.52 Å². The average Bonchev–Trinajstić information content (AvgIpc) is 2.37. The van der Waals surface area contributed by atoms with E-state index in [4.69, 9.17) is 4.74 Å². The highest BCUT2D eigenvalue weighted by atomic mass is 19.1. The van der Waals surface area contributed by atoms with E-state index in [0.717, 1.165) is 7.11 Å². The molecule has 0 saturated carbocycles. The van der Waals surface area contributed by atoms with Crippen LogP contribution in [0.3, 0.4) is 0 Å². The number of rotatable bonds is 2. The summed E-state index contributed by atoms with van der Waals surface area (Å²) in [6, 6.07) is 4.15. The maximum Gasteiger partial charge on any atom is 0.359 e. The van der Waals surface area contributed by atoms with E-state index in [1.165, 1.54) is 25.3 Å². The number of hydrogen-bond donors (Lipinski definition) is 1. The second kappa shape index (κ2) is 4.48. The molecule has 1 aromatic heterocycles. The van der Waals surface area contributed by atoms with Crippen LogP contribution >= 0.6 is 0 Å². The molecule has 0 radical (unpaired) electrons. The van der Waals surface area contributed by atoms with Crippen LogP contribution in [0.2, 0.25) is 0 Å². The van der Waals surface area contributed by atoms with Crippen molar-refractivity contribution >= 4 is 16.9 Å². The van der Waals surface area contributed by atoms with Crippen LogP contribution in [0.1, 0.15) is 10.5 Å². The summed E-state index contributed by atoms with van der Waals surface area (Å²) in [7, 11) is 2.40. The van der Waals surface area contributed by atoms with E-state index in [2.05, 4.69) is 9.72 Å². The van der Waals surface area contributed by atoms with Gasteiger partial charge in [0.1, 0.15) is 5.75 Å². The summed E-state index contributed by atoms with van der Waals surface area (Å²) >= 11 is 0. The van der Waals surface area contributed by atoms with Crippen molar-refractivity contribution in [1.29, 1.82) is 0 Å². The number of nitrogens with zero attached hydrogens (tertiary/aromatic N) is 1. The summed E-state index contributed by atoms with van der Waals surface area (Å²) in [4.78, 5) is 15.2. The Labute approximate surface area is 102 Å². The normalized spacial score (nSPS) is 10.4. The summed E-state index contributed by atoms with van der Waals surface area (Å²) in [6.45, 7) is 0. The maximum atomic E-state index is 14.0. The van der Waals surface area contributed by atoms with Gasteiger partial charge in [-0.3, -0.25) is 0 Å². The third-order valence-corrected chi connectivity index (χ3v) is 2.45. The lowest BCUT2D eigenvalue weighted by Crippen LogP contribution is -2.09. The summed E-state index contributed by atoms with van der Waals surface area (Å²) in [5.41, 5.74) is -0.126. The molecule has 1 N–H and O–H groups in total. The van der Waals surface area contributed by atoms with Gasteiger partial charge >= 0.3 is 5.97 Å². The predicted octanol–water partition coefficient (Wildman–Crippen LogP) is 1.87. The number of esters is 1. The summed E-state index contributed by atoms with van der Waals surface area (Å²) < 4.78 is 23.4. The van der Waals surface area contributed by atoms with Gasteiger partial charge in [-0.1, -0.05) is 0 Å². The zero-order valence-electron chi connectivity index (χ0n) is 9.73. The number of carbonyl (C=O) groups excluding carboxylic acids is 1. The second-order valence-corrected chi connectivity index (χ2v) is 3.50. The van der Waals surface area contributed by atoms with E-state index in [9.17, 15) is 14.3 Å². The van der Waals surface area contributed by atoms with Crippen LogP contribution in [0, 0.1) is 5.82 Å². The minimum atomic E-state index is -0.914. The Kier molecular flexibility index (Phi) is 3.01. The van der Waals surface area contributed by atoms with Crippen molar-refractivity contribution in [2.45, 2.75) is 0 Å². The number of phenols is 1. The SMILES string of the molecule is COC(=O)c1nc2ccc(O)cc2c(OC)c1F. The number of pyridine rings is 1. The number of aromatic hydroxyl groups is 1. The smallest absolute Gasteiger partial charge is 0.359 e. The number of halogens is 1. The van der Waals surface area contributed by atoms with Crippen molar-refractivity contribution in [3.05, 3.63) is 29.7 Å². The summed E-state index contributed by atoms with van der Waals surface area (Å²) in [5, 5.41) is 9.65. The van der Waals surface area contributed by atoms with Crippen LogP contribution in [-0.2, 0) is 4.74 Å². The van der Waals surface area contributed by atoms with Crippen LogP contribution in [0.4, 0.5) is 4.39 Å².